The van der Waals surface area contributed by atoms with Crippen LogP contribution in [0.15, 0.2) is 23.1 Å². The van der Waals surface area contributed by atoms with Crippen LogP contribution in [-0.2, 0) is 11.2 Å². The van der Waals surface area contributed by atoms with Crippen LogP contribution < -0.4 is 0 Å². The van der Waals surface area contributed by atoms with E-state index in [1.807, 2.05) is 0 Å². The van der Waals surface area contributed by atoms with Gasteiger partial charge in [-0.05, 0) is 17.7 Å². The average molecular weight is 263 g/mol. The van der Waals surface area contributed by atoms with Gasteiger partial charge >= 0.3 is 0 Å². The lowest BCUT2D eigenvalue weighted by Gasteiger charge is -2.00. The van der Waals surface area contributed by atoms with Crippen molar-refractivity contribution in [3.63, 3.8) is 0 Å². The van der Waals surface area contributed by atoms with E-state index < -0.39 is 0 Å². The molecule has 0 aliphatic carbocycles. The Morgan fingerprint density at radius 3 is 2.77 bits per heavy atom. The van der Waals surface area contributed by atoms with E-state index in [1.54, 1.807) is 12.1 Å². The quantitative estimate of drug-likeness (QED) is 0.655. The third kappa shape index (κ3) is 3.12. The van der Waals surface area contributed by atoms with Crippen molar-refractivity contribution in [1.29, 1.82) is 0 Å². The first kappa shape index (κ1) is 10.7. The Morgan fingerprint density at radius 1 is 1.54 bits per heavy atom. The summed E-state index contributed by atoms with van der Waals surface area (Å²) in [4.78, 5) is 11.3. The second-order valence-corrected chi connectivity index (χ2v) is 3.68. The van der Waals surface area contributed by atoms with Crippen molar-refractivity contribution in [2.45, 2.75) is 11.3 Å². The van der Waals surface area contributed by atoms with Crippen LogP contribution in [0.5, 0.6) is 0 Å². The summed E-state index contributed by atoms with van der Waals surface area (Å²) >= 11 is 6.98. The highest BCUT2D eigenvalue weighted by Gasteiger charge is 2.04. The number of carbonyl (C=O) groups is 1. The molecular formula is C9H8BrFOS. The van der Waals surface area contributed by atoms with E-state index in [0.29, 0.717) is 11.8 Å². The van der Waals surface area contributed by atoms with E-state index in [4.69, 9.17) is 0 Å². The Hall–Kier alpha value is -0.350. The third-order valence-corrected chi connectivity index (χ3v) is 2.53. The van der Waals surface area contributed by atoms with Gasteiger partial charge in [0.05, 0.1) is 5.33 Å². The number of Topliss-reactive ketones (excluding diaryl/α,β-unsaturated/α-hetero) is 1. The molecule has 1 rings (SSSR count). The lowest BCUT2D eigenvalue weighted by Crippen LogP contribution is -2.03. The fourth-order valence-corrected chi connectivity index (χ4v) is 1.38. The molecule has 1 aromatic carbocycles. The van der Waals surface area contributed by atoms with Crippen molar-refractivity contribution >= 4 is 34.3 Å². The van der Waals surface area contributed by atoms with Gasteiger partial charge < -0.3 is 0 Å². The van der Waals surface area contributed by atoms with Gasteiger partial charge in [0.2, 0.25) is 0 Å². The maximum Gasteiger partial charge on any atom is 0.147 e. The summed E-state index contributed by atoms with van der Waals surface area (Å²) in [5, 5.41) is 0.326. The summed E-state index contributed by atoms with van der Waals surface area (Å²) in [5.41, 5.74) is 0.788. The molecule has 0 amide bonds. The first-order valence-corrected chi connectivity index (χ1v) is 5.25. The Labute approximate surface area is 89.9 Å². The van der Waals surface area contributed by atoms with E-state index in [2.05, 4.69) is 28.6 Å². The zero-order valence-corrected chi connectivity index (χ0v) is 9.24. The zero-order valence-electron chi connectivity index (χ0n) is 6.76. The van der Waals surface area contributed by atoms with Gasteiger partial charge in [0.25, 0.3) is 0 Å². The molecule has 1 aromatic rings. The summed E-state index contributed by atoms with van der Waals surface area (Å²) in [6.07, 6.45) is 0.319. The Kier molecular flexibility index (Phi) is 3.93. The van der Waals surface area contributed by atoms with Crippen molar-refractivity contribution in [2.24, 2.45) is 0 Å². The molecule has 1 nitrogen and oxygen atoms in total. The van der Waals surface area contributed by atoms with Crippen LogP contribution in [0, 0.1) is 5.82 Å². The molecule has 0 fully saturated rings. The standard InChI is InChI=1S/C9H8BrFOS/c10-5-7(12)3-6-1-2-8(11)9(13)4-6/h1-2,4,13H,3,5H2. The minimum Gasteiger partial charge on any atom is -0.298 e. The summed E-state index contributed by atoms with van der Waals surface area (Å²) in [6.45, 7) is 0. The van der Waals surface area contributed by atoms with Gasteiger partial charge in [-0.1, -0.05) is 22.0 Å². The van der Waals surface area contributed by atoms with E-state index in [1.165, 1.54) is 6.07 Å². The number of benzene rings is 1. The van der Waals surface area contributed by atoms with Gasteiger partial charge in [-0.15, -0.1) is 12.6 Å². The van der Waals surface area contributed by atoms with Crippen LogP contribution in [-0.4, -0.2) is 11.1 Å². The number of ketones is 1. The zero-order chi connectivity index (χ0) is 9.84. The van der Waals surface area contributed by atoms with Gasteiger partial charge in [0, 0.05) is 11.3 Å². The Bertz CT molecular complexity index is 327. The molecule has 4 heteroatoms. The van der Waals surface area contributed by atoms with Crippen LogP contribution in [0.1, 0.15) is 5.56 Å². The highest BCUT2D eigenvalue weighted by Crippen LogP contribution is 2.14. The number of thiol groups is 1. The second kappa shape index (κ2) is 4.77. The molecule has 0 aliphatic heterocycles. The summed E-state index contributed by atoms with van der Waals surface area (Å²) in [7, 11) is 0. The topological polar surface area (TPSA) is 17.1 Å². The molecule has 13 heavy (non-hydrogen) atoms. The highest BCUT2D eigenvalue weighted by atomic mass is 79.9. The van der Waals surface area contributed by atoms with E-state index in [9.17, 15) is 9.18 Å². The summed E-state index contributed by atoms with van der Waals surface area (Å²) < 4.78 is 12.7. The number of alkyl halides is 1. The predicted octanol–water partition coefficient (Wildman–Crippen LogP) is 2.62. The maximum atomic E-state index is 12.7. The predicted molar refractivity (Wildman–Crippen MR) is 56.2 cm³/mol. The lowest BCUT2D eigenvalue weighted by atomic mass is 10.1. The number of rotatable bonds is 3. The fraction of sp³-hybridized carbons (Fsp3) is 0.222. The van der Waals surface area contributed by atoms with Gasteiger partial charge in [-0.25, -0.2) is 4.39 Å². The highest BCUT2D eigenvalue weighted by molar-refractivity contribution is 9.09. The second-order valence-electron chi connectivity index (χ2n) is 2.63. The number of hydrogen-bond donors (Lipinski definition) is 1. The smallest absolute Gasteiger partial charge is 0.147 e. The van der Waals surface area contributed by atoms with Crippen molar-refractivity contribution < 1.29 is 9.18 Å². The molecule has 0 N–H and O–H groups in total. The molecule has 0 spiro atoms. The van der Waals surface area contributed by atoms with Crippen LogP contribution >= 0.6 is 28.6 Å². The summed E-state index contributed by atoms with van der Waals surface area (Å²) in [5.74, 6) is -0.294. The Balaban J connectivity index is 2.79. The first-order chi connectivity index (χ1) is 6.13. The van der Waals surface area contributed by atoms with Gasteiger partial charge in [0.15, 0.2) is 0 Å². The number of hydrogen-bond acceptors (Lipinski definition) is 2. The normalized spacial score (nSPS) is 10.1. The molecule has 0 bridgehead atoms. The molecule has 0 saturated heterocycles. The first-order valence-electron chi connectivity index (χ1n) is 3.68. The van der Waals surface area contributed by atoms with E-state index in [-0.39, 0.29) is 16.5 Å². The van der Waals surface area contributed by atoms with Crippen molar-refractivity contribution in [1.82, 2.24) is 0 Å². The van der Waals surface area contributed by atoms with Crippen LogP contribution in [0.4, 0.5) is 4.39 Å². The lowest BCUT2D eigenvalue weighted by molar-refractivity contribution is -0.115. The molecule has 70 valence electrons. The van der Waals surface area contributed by atoms with Crippen LogP contribution in [0.25, 0.3) is 0 Å². The number of halogens is 2. The molecule has 0 aliphatic rings. The molecule has 0 unspecified atom stereocenters. The largest absolute Gasteiger partial charge is 0.298 e. The van der Waals surface area contributed by atoms with Crippen molar-refractivity contribution in [3.8, 4) is 0 Å². The van der Waals surface area contributed by atoms with E-state index >= 15 is 0 Å². The molecule has 0 aromatic heterocycles. The SMILES string of the molecule is O=C(CBr)Cc1ccc(F)c(S)c1. The molecule has 0 saturated carbocycles. The maximum absolute atomic E-state index is 12.7. The minimum absolute atomic E-state index is 0.0688. The molecular weight excluding hydrogens is 255 g/mol. The van der Waals surface area contributed by atoms with Crippen molar-refractivity contribution in [2.75, 3.05) is 5.33 Å². The van der Waals surface area contributed by atoms with E-state index in [0.717, 1.165) is 5.56 Å². The monoisotopic (exact) mass is 262 g/mol. The molecule has 0 heterocycles. The third-order valence-electron chi connectivity index (χ3n) is 1.56. The van der Waals surface area contributed by atoms with Crippen molar-refractivity contribution in [3.05, 3.63) is 29.6 Å². The molecule has 0 atom stereocenters. The minimum atomic E-state index is -0.363. The summed E-state index contributed by atoms with van der Waals surface area (Å²) in [6, 6.07) is 4.48. The number of carbonyl (C=O) groups excluding carboxylic acids is 1. The molecule has 0 radical (unpaired) electrons. The van der Waals surface area contributed by atoms with Crippen LogP contribution in [0.3, 0.4) is 0 Å². The van der Waals surface area contributed by atoms with Gasteiger partial charge in [0.1, 0.15) is 11.6 Å². The van der Waals surface area contributed by atoms with Gasteiger partial charge in [-0.2, -0.15) is 0 Å². The van der Waals surface area contributed by atoms with Gasteiger partial charge in [-0.3, -0.25) is 4.79 Å². The average Bonchev–Trinajstić information content (AvgIpc) is 2.11. The Morgan fingerprint density at radius 2 is 2.23 bits per heavy atom. The van der Waals surface area contributed by atoms with Crippen LogP contribution in [0.2, 0.25) is 0 Å². The fourth-order valence-electron chi connectivity index (χ4n) is 0.943.